The lowest BCUT2D eigenvalue weighted by Gasteiger charge is -2.05. The Bertz CT molecular complexity index is 406. The molecule has 0 radical (unpaired) electrons. The minimum atomic E-state index is -0.369. The van der Waals surface area contributed by atoms with Crippen molar-refractivity contribution in [3.63, 3.8) is 0 Å². The SMILES string of the molecule is COCCOC(=O)c1cccc(CC(N)=S)c1. The van der Waals surface area contributed by atoms with E-state index in [2.05, 4.69) is 0 Å². The number of rotatable bonds is 6. The number of esters is 1. The molecule has 0 atom stereocenters. The first-order valence-corrected chi connectivity index (χ1v) is 5.57. The molecule has 2 N–H and O–H groups in total. The molecule has 0 unspecified atom stereocenters. The zero-order valence-electron chi connectivity index (χ0n) is 9.64. The van der Waals surface area contributed by atoms with Gasteiger partial charge in [0, 0.05) is 13.5 Å². The van der Waals surface area contributed by atoms with Crippen molar-refractivity contribution in [1.29, 1.82) is 0 Å². The van der Waals surface area contributed by atoms with E-state index in [4.69, 9.17) is 27.4 Å². The Morgan fingerprint density at radius 1 is 1.41 bits per heavy atom. The highest BCUT2D eigenvalue weighted by atomic mass is 32.1. The van der Waals surface area contributed by atoms with Gasteiger partial charge in [-0.15, -0.1) is 0 Å². The molecule has 0 aromatic heterocycles. The third-order valence-electron chi connectivity index (χ3n) is 2.06. The van der Waals surface area contributed by atoms with Crippen LogP contribution < -0.4 is 5.73 Å². The summed E-state index contributed by atoms with van der Waals surface area (Å²) in [6.07, 6.45) is 0.481. The molecule has 0 amide bonds. The number of benzene rings is 1. The number of methoxy groups -OCH3 is 1. The molecule has 1 aromatic rings. The van der Waals surface area contributed by atoms with Gasteiger partial charge in [0.2, 0.25) is 0 Å². The van der Waals surface area contributed by atoms with Gasteiger partial charge < -0.3 is 15.2 Å². The molecule has 1 rings (SSSR count). The summed E-state index contributed by atoms with van der Waals surface area (Å²) in [6, 6.07) is 7.07. The average Bonchev–Trinajstić information content (AvgIpc) is 2.28. The van der Waals surface area contributed by atoms with E-state index in [1.54, 1.807) is 25.3 Å². The maximum Gasteiger partial charge on any atom is 0.338 e. The highest BCUT2D eigenvalue weighted by Crippen LogP contribution is 2.07. The molecule has 5 heteroatoms. The molecule has 0 aliphatic rings. The van der Waals surface area contributed by atoms with Gasteiger partial charge in [0.05, 0.1) is 17.2 Å². The van der Waals surface area contributed by atoms with Crippen LogP contribution >= 0.6 is 12.2 Å². The Hall–Kier alpha value is -1.46. The Kier molecular flexibility index (Phi) is 5.59. The summed E-state index contributed by atoms with van der Waals surface area (Å²) in [7, 11) is 1.55. The fourth-order valence-corrected chi connectivity index (χ4v) is 1.48. The molecule has 17 heavy (non-hydrogen) atoms. The molecule has 0 heterocycles. The lowest BCUT2D eigenvalue weighted by molar-refractivity contribution is 0.0388. The summed E-state index contributed by atoms with van der Waals surface area (Å²) >= 11 is 4.82. The standard InChI is InChI=1S/C12H15NO3S/c1-15-5-6-16-12(14)10-4-2-3-9(7-10)8-11(13)17/h2-4,7H,5-6,8H2,1H3,(H2,13,17). The van der Waals surface area contributed by atoms with Gasteiger partial charge in [-0.1, -0.05) is 24.4 Å². The predicted molar refractivity (Wildman–Crippen MR) is 69.1 cm³/mol. The summed E-state index contributed by atoms with van der Waals surface area (Å²) in [4.78, 5) is 12.0. The maximum atomic E-state index is 11.6. The molecule has 4 nitrogen and oxygen atoms in total. The number of carbonyl (C=O) groups is 1. The number of ether oxygens (including phenoxy) is 2. The first-order valence-electron chi connectivity index (χ1n) is 5.17. The highest BCUT2D eigenvalue weighted by Gasteiger charge is 2.07. The van der Waals surface area contributed by atoms with Crippen molar-refractivity contribution < 1.29 is 14.3 Å². The van der Waals surface area contributed by atoms with Crippen LogP contribution in [-0.4, -0.2) is 31.3 Å². The van der Waals surface area contributed by atoms with Gasteiger partial charge in [-0.3, -0.25) is 0 Å². The summed E-state index contributed by atoms with van der Waals surface area (Å²) in [6.45, 7) is 0.632. The van der Waals surface area contributed by atoms with Crippen molar-refractivity contribution in [2.45, 2.75) is 6.42 Å². The molecular weight excluding hydrogens is 238 g/mol. The van der Waals surface area contributed by atoms with Gasteiger partial charge in [-0.25, -0.2) is 4.79 Å². The number of thiocarbonyl (C=S) groups is 1. The van der Waals surface area contributed by atoms with Crippen molar-refractivity contribution in [1.82, 2.24) is 0 Å². The zero-order valence-corrected chi connectivity index (χ0v) is 10.5. The summed E-state index contributed by atoms with van der Waals surface area (Å²) in [5.41, 5.74) is 6.84. The number of nitrogens with two attached hydrogens (primary N) is 1. The smallest absolute Gasteiger partial charge is 0.338 e. The molecule has 0 aliphatic heterocycles. The fourth-order valence-electron chi connectivity index (χ4n) is 1.31. The predicted octanol–water partition coefficient (Wildman–Crippen LogP) is 1.32. The normalized spacial score (nSPS) is 9.94. The first kappa shape index (κ1) is 13.6. The van der Waals surface area contributed by atoms with Crippen LogP contribution in [0.3, 0.4) is 0 Å². The van der Waals surface area contributed by atoms with Gasteiger partial charge in [0.25, 0.3) is 0 Å². The van der Waals surface area contributed by atoms with Gasteiger partial charge in [-0.2, -0.15) is 0 Å². The van der Waals surface area contributed by atoms with Crippen LogP contribution in [0.2, 0.25) is 0 Å². The van der Waals surface area contributed by atoms with Crippen LogP contribution in [0.1, 0.15) is 15.9 Å². The molecule has 0 saturated carbocycles. The zero-order chi connectivity index (χ0) is 12.7. The largest absolute Gasteiger partial charge is 0.460 e. The van der Waals surface area contributed by atoms with Crippen molar-refractivity contribution in [2.75, 3.05) is 20.3 Å². The second-order valence-electron chi connectivity index (χ2n) is 3.47. The molecule has 0 saturated heterocycles. The second kappa shape index (κ2) is 6.98. The highest BCUT2D eigenvalue weighted by molar-refractivity contribution is 7.80. The Balaban J connectivity index is 2.63. The molecule has 0 bridgehead atoms. The van der Waals surface area contributed by atoms with E-state index in [1.165, 1.54) is 0 Å². The molecule has 1 aromatic carbocycles. The monoisotopic (exact) mass is 253 g/mol. The fraction of sp³-hybridized carbons (Fsp3) is 0.333. The van der Waals surface area contributed by atoms with Crippen LogP contribution in [0.25, 0.3) is 0 Å². The van der Waals surface area contributed by atoms with Gasteiger partial charge in [0.15, 0.2) is 0 Å². The van der Waals surface area contributed by atoms with Crippen molar-refractivity contribution in [3.8, 4) is 0 Å². The summed E-state index contributed by atoms with van der Waals surface area (Å²) in [5.74, 6) is -0.369. The Labute approximate surface area is 106 Å². The van der Waals surface area contributed by atoms with Crippen LogP contribution in [0.15, 0.2) is 24.3 Å². The lowest BCUT2D eigenvalue weighted by Crippen LogP contribution is -2.13. The molecule has 0 spiro atoms. The number of carbonyl (C=O) groups excluding carboxylic acids is 1. The van der Waals surface area contributed by atoms with Crippen LogP contribution in [-0.2, 0) is 15.9 Å². The third-order valence-corrected chi connectivity index (χ3v) is 2.21. The summed E-state index contributed by atoms with van der Waals surface area (Å²) < 4.78 is 9.79. The van der Waals surface area contributed by atoms with E-state index in [0.29, 0.717) is 23.6 Å². The van der Waals surface area contributed by atoms with Gasteiger partial charge in [0.1, 0.15) is 6.61 Å². The Morgan fingerprint density at radius 3 is 2.82 bits per heavy atom. The first-order chi connectivity index (χ1) is 8.13. The molecule has 92 valence electrons. The van der Waals surface area contributed by atoms with Crippen molar-refractivity contribution in [3.05, 3.63) is 35.4 Å². The van der Waals surface area contributed by atoms with E-state index >= 15 is 0 Å². The molecule has 0 aliphatic carbocycles. The number of hydrogen-bond acceptors (Lipinski definition) is 4. The van der Waals surface area contributed by atoms with Gasteiger partial charge >= 0.3 is 5.97 Å². The number of hydrogen-bond donors (Lipinski definition) is 1. The molecule has 0 fully saturated rings. The Morgan fingerprint density at radius 2 is 2.18 bits per heavy atom. The van der Waals surface area contributed by atoms with Crippen LogP contribution in [0.4, 0.5) is 0 Å². The topological polar surface area (TPSA) is 61.5 Å². The van der Waals surface area contributed by atoms with Crippen molar-refractivity contribution in [2.24, 2.45) is 5.73 Å². The minimum absolute atomic E-state index is 0.245. The summed E-state index contributed by atoms with van der Waals surface area (Å²) in [5, 5.41) is 0. The second-order valence-corrected chi connectivity index (χ2v) is 4.00. The lowest BCUT2D eigenvalue weighted by atomic mass is 10.1. The van der Waals surface area contributed by atoms with E-state index in [1.807, 2.05) is 6.07 Å². The quantitative estimate of drug-likeness (QED) is 0.470. The minimum Gasteiger partial charge on any atom is -0.460 e. The maximum absolute atomic E-state index is 11.6. The van der Waals surface area contributed by atoms with Gasteiger partial charge in [-0.05, 0) is 17.7 Å². The van der Waals surface area contributed by atoms with E-state index < -0.39 is 0 Å². The van der Waals surface area contributed by atoms with E-state index in [-0.39, 0.29) is 12.6 Å². The van der Waals surface area contributed by atoms with Crippen molar-refractivity contribution >= 4 is 23.2 Å². The van der Waals surface area contributed by atoms with Crippen LogP contribution in [0, 0.1) is 0 Å². The van der Waals surface area contributed by atoms with Crippen LogP contribution in [0.5, 0.6) is 0 Å². The van der Waals surface area contributed by atoms with E-state index in [0.717, 1.165) is 5.56 Å². The van der Waals surface area contributed by atoms with E-state index in [9.17, 15) is 4.79 Å². The third kappa shape index (κ3) is 4.93. The molecular formula is C12H15NO3S. The average molecular weight is 253 g/mol.